The molecule has 0 aliphatic carbocycles. The van der Waals surface area contributed by atoms with Crippen molar-refractivity contribution < 1.29 is 13.2 Å². The van der Waals surface area contributed by atoms with Crippen LogP contribution in [0.1, 0.15) is 22.5 Å². The smallest absolute Gasteiger partial charge is 0.264 e. The van der Waals surface area contributed by atoms with E-state index >= 15 is 0 Å². The average molecular weight is 570 g/mol. The number of benzene rings is 3. The number of hydrogen-bond acceptors (Lipinski definition) is 4. The third-order valence-electron chi connectivity index (χ3n) is 5.95. The molecule has 0 bridgehead atoms. The molecule has 3 aromatic carbocycles. The minimum atomic E-state index is -4.11. The Kier molecular flexibility index (Phi) is 8.26. The van der Waals surface area contributed by atoms with Crippen LogP contribution in [0.2, 0.25) is 10.0 Å². The van der Waals surface area contributed by atoms with Gasteiger partial charge < -0.3 is 4.57 Å². The Bertz CT molecular complexity index is 1600. The number of nitrogens with one attached hydrogen (secondary N) is 1. The third kappa shape index (κ3) is 5.93. The molecule has 1 heterocycles. The number of rotatable bonds is 8. The van der Waals surface area contributed by atoms with Crippen molar-refractivity contribution in [3.8, 4) is 5.69 Å². The molecule has 1 aromatic heterocycles. The Balaban J connectivity index is 1.56. The molecule has 38 heavy (non-hydrogen) atoms. The van der Waals surface area contributed by atoms with Crippen LogP contribution in [0.5, 0.6) is 0 Å². The fourth-order valence-electron chi connectivity index (χ4n) is 4.05. The number of nitrogens with zero attached hydrogens (tertiary/aromatic N) is 3. The van der Waals surface area contributed by atoms with Crippen molar-refractivity contribution >= 4 is 51.0 Å². The number of hydrazone groups is 1. The van der Waals surface area contributed by atoms with Gasteiger partial charge in [0.05, 0.1) is 21.8 Å². The molecule has 1 N–H and O–H groups in total. The van der Waals surface area contributed by atoms with Crippen LogP contribution in [-0.4, -0.2) is 31.7 Å². The first-order chi connectivity index (χ1) is 18.1. The number of aromatic nitrogens is 1. The van der Waals surface area contributed by atoms with Gasteiger partial charge in [-0.25, -0.2) is 13.8 Å². The molecular formula is C28H26Cl2N4O3S. The van der Waals surface area contributed by atoms with E-state index in [1.165, 1.54) is 42.1 Å². The monoisotopic (exact) mass is 568 g/mol. The SMILES string of the molecule is Cc1ccc(-n2c(C)cc(/C=N\NC(=O)CN(c3ccc(Cl)cc3Cl)S(=O)(=O)c3ccccc3)c2C)cc1. The van der Waals surface area contributed by atoms with Crippen molar-refractivity contribution in [2.75, 3.05) is 10.8 Å². The summed E-state index contributed by atoms with van der Waals surface area (Å²) in [5.41, 5.74) is 7.53. The zero-order valence-corrected chi connectivity index (χ0v) is 23.3. The van der Waals surface area contributed by atoms with E-state index in [4.69, 9.17) is 23.2 Å². The summed E-state index contributed by atoms with van der Waals surface area (Å²) in [6.07, 6.45) is 1.54. The standard InChI is InChI=1S/C28H26Cl2N4O3S/c1-19-9-12-24(13-10-19)34-20(2)15-22(21(34)3)17-31-32-28(35)18-33(27-14-11-23(29)16-26(27)30)38(36,37)25-7-5-4-6-8-25/h4-17H,18H2,1-3H3,(H,32,35)/b31-17-. The van der Waals surface area contributed by atoms with Crippen molar-refractivity contribution in [3.05, 3.63) is 111 Å². The highest BCUT2D eigenvalue weighted by Gasteiger charge is 2.28. The predicted molar refractivity (Wildman–Crippen MR) is 153 cm³/mol. The van der Waals surface area contributed by atoms with E-state index in [0.29, 0.717) is 5.02 Å². The lowest BCUT2D eigenvalue weighted by atomic mass is 10.2. The van der Waals surface area contributed by atoms with Crippen LogP contribution in [0.25, 0.3) is 5.69 Å². The summed E-state index contributed by atoms with van der Waals surface area (Å²) in [7, 11) is -4.11. The van der Waals surface area contributed by atoms with E-state index < -0.39 is 22.5 Å². The summed E-state index contributed by atoms with van der Waals surface area (Å²) < 4.78 is 29.9. The van der Waals surface area contributed by atoms with Gasteiger partial charge in [-0.1, -0.05) is 59.1 Å². The van der Waals surface area contributed by atoms with Gasteiger partial charge in [-0.05, 0) is 69.3 Å². The first kappa shape index (κ1) is 27.4. The largest absolute Gasteiger partial charge is 0.318 e. The minimum absolute atomic E-state index is 0.0193. The molecule has 0 spiro atoms. The summed E-state index contributed by atoms with van der Waals surface area (Å²) in [4.78, 5) is 12.9. The third-order valence-corrected chi connectivity index (χ3v) is 8.26. The lowest BCUT2D eigenvalue weighted by Crippen LogP contribution is -2.39. The van der Waals surface area contributed by atoms with E-state index in [2.05, 4.69) is 15.1 Å². The summed E-state index contributed by atoms with van der Waals surface area (Å²) in [6, 6.07) is 22.3. The molecule has 0 aliphatic rings. The van der Waals surface area contributed by atoms with Crippen molar-refractivity contribution in [2.45, 2.75) is 25.7 Å². The van der Waals surface area contributed by atoms with E-state index in [-0.39, 0.29) is 15.6 Å². The molecule has 1 amide bonds. The number of carbonyl (C=O) groups is 1. The second-order valence-corrected chi connectivity index (χ2v) is 11.4. The van der Waals surface area contributed by atoms with E-state index in [1.54, 1.807) is 18.2 Å². The second-order valence-electron chi connectivity index (χ2n) is 8.71. The van der Waals surface area contributed by atoms with E-state index in [1.807, 2.05) is 51.1 Å². The Hall–Kier alpha value is -3.59. The zero-order chi connectivity index (χ0) is 27.4. The molecule has 0 saturated heterocycles. The molecule has 0 saturated carbocycles. The molecule has 0 unspecified atom stereocenters. The molecule has 10 heteroatoms. The Morgan fingerprint density at radius 3 is 2.32 bits per heavy atom. The molecular weight excluding hydrogens is 543 g/mol. The molecule has 0 atom stereocenters. The first-order valence-electron chi connectivity index (χ1n) is 11.7. The predicted octanol–water partition coefficient (Wildman–Crippen LogP) is 6.05. The van der Waals surface area contributed by atoms with Gasteiger partial charge in [-0.3, -0.25) is 9.10 Å². The van der Waals surface area contributed by atoms with Crippen molar-refractivity contribution in [1.82, 2.24) is 9.99 Å². The van der Waals surface area contributed by atoms with Crippen LogP contribution >= 0.6 is 23.2 Å². The first-order valence-corrected chi connectivity index (χ1v) is 13.9. The van der Waals surface area contributed by atoms with Crippen LogP contribution in [0.4, 0.5) is 5.69 Å². The molecule has 4 rings (SSSR count). The topological polar surface area (TPSA) is 83.8 Å². The quantitative estimate of drug-likeness (QED) is 0.207. The van der Waals surface area contributed by atoms with Gasteiger partial charge in [0.25, 0.3) is 15.9 Å². The van der Waals surface area contributed by atoms with E-state index in [9.17, 15) is 13.2 Å². The Morgan fingerprint density at radius 1 is 0.974 bits per heavy atom. The van der Waals surface area contributed by atoms with Crippen LogP contribution in [-0.2, 0) is 14.8 Å². The molecule has 0 radical (unpaired) electrons. The summed E-state index contributed by atoms with van der Waals surface area (Å²) in [6.45, 7) is 5.45. The van der Waals surface area contributed by atoms with Gasteiger partial charge in [0, 0.05) is 27.7 Å². The van der Waals surface area contributed by atoms with Gasteiger partial charge in [0.15, 0.2) is 0 Å². The van der Waals surface area contributed by atoms with Gasteiger partial charge >= 0.3 is 0 Å². The van der Waals surface area contributed by atoms with Crippen LogP contribution in [0.3, 0.4) is 0 Å². The number of anilines is 1. The highest BCUT2D eigenvalue weighted by atomic mass is 35.5. The maximum absolute atomic E-state index is 13.5. The minimum Gasteiger partial charge on any atom is -0.318 e. The van der Waals surface area contributed by atoms with Crippen LogP contribution < -0.4 is 9.73 Å². The number of carbonyl (C=O) groups excluding carboxylic acids is 1. The Labute approximate surface area is 232 Å². The van der Waals surface area contributed by atoms with Crippen molar-refractivity contribution in [2.24, 2.45) is 5.10 Å². The highest BCUT2D eigenvalue weighted by Crippen LogP contribution is 2.32. The van der Waals surface area contributed by atoms with Gasteiger partial charge in [-0.2, -0.15) is 5.10 Å². The van der Waals surface area contributed by atoms with E-state index in [0.717, 1.165) is 26.9 Å². The maximum Gasteiger partial charge on any atom is 0.264 e. The lowest BCUT2D eigenvalue weighted by Gasteiger charge is -2.24. The summed E-state index contributed by atoms with van der Waals surface area (Å²) in [5.74, 6) is -0.640. The number of halogens is 2. The molecule has 4 aromatic rings. The molecule has 0 aliphatic heterocycles. The van der Waals surface area contributed by atoms with Gasteiger partial charge in [-0.15, -0.1) is 0 Å². The zero-order valence-electron chi connectivity index (χ0n) is 21.0. The highest BCUT2D eigenvalue weighted by molar-refractivity contribution is 7.92. The lowest BCUT2D eigenvalue weighted by molar-refractivity contribution is -0.119. The van der Waals surface area contributed by atoms with Crippen molar-refractivity contribution in [3.63, 3.8) is 0 Å². The Morgan fingerprint density at radius 2 is 1.66 bits per heavy atom. The van der Waals surface area contributed by atoms with Gasteiger partial charge in [0.2, 0.25) is 0 Å². The molecule has 0 fully saturated rings. The normalized spacial score (nSPS) is 11.6. The maximum atomic E-state index is 13.5. The summed E-state index contributed by atoms with van der Waals surface area (Å²) in [5, 5.41) is 4.52. The van der Waals surface area contributed by atoms with Crippen LogP contribution in [0, 0.1) is 20.8 Å². The fourth-order valence-corrected chi connectivity index (χ4v) is 6.07. The average Bonchev–Trinajstić information content (AvgIpc) is 3.16. The fraction of sp³-hybridized carbons (Fsp3) is 0.143. The molecule has 7 nitrogen and oxygen atoms in total. The number of hydrogen-bond donors (Lipinski definition) is 1. The number of sulfonamides is 1. The van der Waals surface area contributed by atoms with Gasteiger partial charge in [0.1, 0.15) is 6.54 Å². The number of amides is 1. The summed E-state index contributed by atoms with van der Waals surface area (Å²) >= 11 is 12.3. The second kappa shape index (κ2) is 11.4. The number of aryl methyl sites for hydroxylation is 2. The van der Waals surface area contributed by atoms with Crippen LogP contribution in [0.15, 0.2) is 88.9 Å². The van der Waals surface area contributed by atoms with Crippen molar-refractivity contribution in [1.29, 1.82) is 0 Å². The molecule has 196 valence electrons.